The Morgan fingerprint density at radius 3 is 2.69 bits per heavy atom. The lowest BCUT2D eigenvalue weighted by molar-refractivity contribution is -0.117. The summed E-state index contributed by atoms with van der Waals surface area (Å²) in [6.07, 6.45) is -0.497. The van der Waals surface area contributed by atoms with E-state index in [0.29, 0.717) is 12.4 Å². The number of hydrogen-bond donors (Lipinski definition) is 2. The summed E-state index contributed by atoms with van der Waals surface area (Å²) in [5, 5.41) is 12.4. The van der Waals surface area contributed by atoms with Gasteiger partial charge >= 0.3 is 0 Å². The molecule has 1 heterocycles. The summed E-state index contributed by atoms with van der Waals surface area (Å²) >= 11 is 0. The normalized spacial score (nSPS) is 26.6. The molecule has 0 spiro atoms. The van der Waals surface area contributed by atoms with E-state index in [1.54, 1.807) is 4.90 Å². The highest BCUT2D eigenvalue weighted by atomic mass is 16.3. The highest BCUT2D eigenvalue weighted by molar-refractivity contribution is 5.83. The first-order chi connectivity index (χ1) is 6.00. The molecule has 2 atom stereocenters. The van der Waals surface area contributed by atoms with E-state index in [1.165, 1.54) is 6.92 Å². The summed E-state index contributed by atoms with van der Waals surface area (Å²) in [7, 11) is 3.66. The fraction of sp³-hybridized carbons (Fsp3) is 0.750. The van der Waals surface area contributed by atoms with Crippen molar-refractivity contribution < 1.29 is 9.90 Å². The molecular formula is C8H15N3O2. The van der Waals surface area contributed by atoms with Gasteiger partial charge in [-0.05, 0) is 6.92 Å². The van der Waals surface area contributed by atoms with Crippen molar-refractivity contribution in [1.29, 1.82) is 0 Å². The molecule has 0 saturated heterocycles. The molecule has 0 fully saturated rings. The average molecular weight is 185 g/mol. The Hall–Kier alpha value is -1.10. The number of Topliss-reactive ketones (excluding diaryl/α,β-unsaturated/α-hetero) is 1. The van der Waals surface area contributed by atoms with E-state index in [9.17, 15) is 9.90 Å². The van der Waals surface area contributed by atoms with Crippen molar-refractivity contribution in [2.45, 2.75) is 25.6 Å². The number of hydrogen-bond acceptors (Lipinski definition) is 5. The number of carbonyl (C=O) groups is 1. The van der Waals surface area contributed by atoms with Gasteiger partial charge in [0, 0.05) is 20.5 Å². The zero-order valence-electron chi connectivity index (χ0n) is 8.11. The van der Waals surface area contributed by atoms with E-state index in [4.69, 9.17) is 0 Å². The molecule has 0 saturated carbocycles. The second-order valence-electron chi connectivity index (χ2n) is 3.42. The molecule has 5 heteroatoms. The van der Waals surface area contributed by atoms with Gasteiger partial charge in [0.15, 0.2) is 12.2 Å². The van der Waals surface area contributed by atoms with Gasteiger partial charge in [0.25, 0.3) is 0 Å². The van der Waals surface area contributed by atoms with Crippen molar-refractivity contribution in [2.75, 3.05) is 14.1 Å². The maximum atomic E-state index is 10.8. The van der Waals surface area contributed by atoms with E-state index in [-0.39, 0.29) is 11.8 Å². The molecule has 74 valence electrons. The number of nitrogens with one attached hydrogen (secondary N) is 1. The lowest BCUT2D eigenvalue weighted by Gasteiger charge is -2.15. The third-order valence-corrected chi connectivity index (χ3v) is 1.86. The Balaban J connectivity index is 2.54. The van der Waals surface area contributed by atoms with Gasteiger partial charge in [-0.3, -0.25) is 4.79 Å². The predicted molar refractivity (Wildman–Crippen MR) is 49.4 cm³/mol. The Labute approximate surface area is 77.4 Å². The Morgan fingerprint density at radius 2 is 2.31 bits per heavy atom. The van der Waals surface area contributed by atoms with Crippen LogP contribution in [0, 0.1) is 0 Å². The van der Waals surface area contributed by atoms with Crippen LogP contribution < -0.4 is 5.32 Å². The molecule has 0 aromatic rings. The van der Waals surface area contributed by atoms with E-state index >= 15 is 0 Å². The lowest BCUT2D eigenvalue weighted by Crippen LogP contribution is -2.41. The second-order valence-corrected chi connectivity index (χ2v) is 3.42. The molecule has 0 bridgehead atoms. The van der Waals surface area contributed by atoms with Gasteiger partial charge in [0.1, 0.15) is 5.78 Å². The van der Waals surface area contributed by atoms with Gasteiger partial charge < -0.3 is 15.3 Å². The van der Waals surface area contributed by atoms with Crippen molar-refractivity contribution in [3.05, 3.63) is 0 Å². The topological polar surface area (TPSA) is 64.9 Å². The third kappa shape index (κ3) is 2.42. The number of aliphatic hydroxyl groups excluding tert-OH is 1. The summed E-state index contributed by atoms with van der Waals surface area (Å²) in [6.45, 7) is 1.50. The highest BCUT2D eigenvalue weighted by Gasteiger charge is 2.28. The van der Waals surface area contributed by atoms with Crippen molar-refractivity contribution in [1.82, 2.24) is 10.2 Å². The average Bonchev–Trinajstić information content (AvgIpc) is 2.31. The van der Waals surface area contributed by atoms with Gasteiger partial charge in [-0.15, -0.1) is 0 Å². The number of ketones is 1. The van der Waals surface area contributed by atoms with Crippen molar-refractivity contribution in [3.8, 4) is 0 Å². The van der Waals surface area contributed by atoms with Gasteiger partial charge in [-0.25, -0.2) is 4.99 Å². The molecule has 0 aliphatic carbocycles. The third-order valence-electron chi connectivity index (χ3n) is 1.86. The first-order valence-electron chi connectivity index (χ1n) is 4.20. The number of aliphatic hydroxyl groups is 1. The summed E-state index contributed by atoms with van der Waals surface area (Å²) in [6, 6.07) is -0.269. The molecule has 0 aromatic carbocycles. The fourth-order valence-electron chi connectivity index (χ4n) is 1.20. The molecule has 1 aliphatic rings. The summed E-state index contributed by atoms with van der Waals surface area (Å²) < 4.78 is 0. The maximum absolute atomic E-state index is 10.8. The van der Waals surface area contributed by atoms with Crippen LogP contribution in [0.15, 0.2) is 4.99 Å². The number of nitrogens with zero attached hydrogens (tertiary/aromatic N) is 2. The first-order valence-corrected chi connectivity index (χ1v) is 4.20. The maximum Gasteiger partial charge on any atom is 0.196 e. The van der Waals surface area contributed by atoms with Crippen molar-refractivity contribution in [3.63, 3.8) is 0 Å². The van der Waals surface area contributed by atoms with Crippen LogP contribution in [-0.2, 0) is 4.79 Å². The molecule has 1 aliphatic heterocycles. The molecule has 0 amide bonds. The van der Waals surface area contributed by atoms with Crippen LogP contribution >= 0.6 is 0 Å². The van der Waals surface area contributed by atoms with Crippen molar-refractivity contribution >= 4 is 11.7 Å². The van der Waals surface area contributed by atoms with Crippen LogP contribution in [0.2, 0.25) is 0 Å². The van der Waals surface area contributed by atoms with Crippen LogP contribution in [0.25, 0.3) is 0 Å². The Bertz CT molecular complexity index is 238. The number of guanidine groups is 1. The summed E-state index contributed by atoms with van der Waals surface area (Å²) in [5.41, 5.74) is 0. The number of aliphatic imine (C=N–C) groups is 1. The predicted octanol–water partition coefficient (Wildman–Crippen LogP) is -0.827. The Kier molecular flexibility index (Phi) is 2.87. The number of carbonyl (C=O) groups excluding carboxylic acids is 1. The minimum absolute atomic E-state index is 0.0479. The van der Waals surface area contributed by atoms with Crippen molar-refractivity contribution in [2.24, 2.45) is 4.99 Å². The minimum Gasteiger partial charge on any atom is -0.370 e. The van der Waals surface area contributed by atoms with E-state index in [0.717, 1.165) is 0 Å². The van der Waals surface area contributed by atoms with Gasteiger partial charge in [0.05, 0.1) is 6.04 Å². The lowest BCUT2D eigenvalue weighted by atomic mass is 10.1. The van der Waals surface area contributed by atoms with Crippen LogP contribution in [-0.4, -0.2) is 48.1 Å². The molecule has 0 radical (unpaired) electrons. The van der Waals surface area contributed by atoms with Crippen LogP contribution in [0.4, 0.5) is 0 Å². The van der Waals surface area contributed by atoms with Crippen LogP contribution in [0.3, 0.4) is 0 Å². The molecule has 1 rings (SSSR count). The fourth-order valence-corrected chi connectivity index (χ4v) is 1.20. The quantitative estimate of drug-likeness (QED) is 0.589. The Morgan fingerprint density at radius 1 is 1.69 bits per heavy atom. The zero-order chi connectivity index (χ0) is 10.0. The van der Waals surface area contributed by atoms with Gasteiger partial charge in [-0.1, -0.05) is 0 Å². The van der Waals surface area contributed by atoms with E-state index in [2.05, 4.69) is 10.3 Å². The van der Waals surface area contributed by atoms with E-state index < -0.39 is 6.23 Å². The molecule has 5 nitrogen and oxygen atoms in total. The molecular weight excluding hydrogens is 170 g/mol. The molecule has 2 N–H and O–H groups in total. The SMILES string of the molecule is CC(=O)CC1NC(N(C)C)=NC1O. The molecule has 13 heavy (non-hydrogen) atoms. The molecule has 0 aromatic heterocycles. The summed E-state index contributed by atoms with van der Waals surface area (Å²) in [5.74, 6) is 0.672. The van der Waals surface area contributed by atoms with E-state index in [1.807, 2.05) is 14.1 Å². The van der Waals surface area contributed by atoms with Crippen LogP contribution in [0.5, 0.6) is 0 Å². The highest BCUT2D eigenvalue weighted by Crippen LogP contribution is 2.09. The number of rotatable bonds is 2. The second kappa shape index (κ2) is 3.74. The molecule has 2 unspecified atom stereocenters. The monoisotopic (exact) mass is 185 g/mol. The largest absolute Gasteiger partial charge is 0.370 e. The summed E-state index contributed by atoms with van der Waals surface area (Å²) in [4.78, 5) is 16.5. The smallest absolute Gasteiger partial charge is 0.196 e. The van der Waals surface area contributed by atoms with Gasteiger partial charge in [0.2, 0.25) is 0 Å². The first kappa shape index (κ1) is 9.98. The van der Waals surface area contributed by atoms with Crippen LogP contribution in [0.1, 0.15) is 13.3 Å². The van der Waals surface area contributed by atoms with Gasteiger partial charge in [-0.2, -0.15) is 0 Å². The standard InChI is InChI=1S/C8H15N3O2/c1-5(12)4-6-7(13)10-8(9-6)11(2)3/h6-7,13H,4H2,1-3H3,(H,9,10). The minimum atomic E-state index is -0.804. The zero-order valence-corrected chi connectivity index (χ0v) is 8.11.